The minimum absolute atomic E-state index is 0.675. The summed E-state index contributed by atoms with van der Waals surface area (Å²) in [6.45, 7) is 0. The fourth-order valence-corrected chi connectivity index (χ4v) is 2.14. The summed E-state index contributed by atoms with van der Waals surface area (Å²) in [5.41, 5.74) is 2.58. The normalized spacial score (nSPS) is 10.9. The van der Waals surface area contributed by atoms with Crippen LogP contribution in [-0.4, -0.2) is 9.38 Å². The van der Waals surface area contributed by atoms with Crippen molar-refractivity contribution in [3.63, 3.8) is 0 Å². The van der Waals surface area contributed by atoms with Crippen molar-refractivity contribution in [2.75, 3.05) is 0 Å². The van der Waals surface area contributed by atoms with Crippen LogP contribution in [0, 0.1) is 0 Å². The van der Waals surface area contributed by atoms with Gasteiger partial charge < -0.3 is 4.40 Å². The molecule has 0 bridgehead atoms. The van der Waals surface area contributed by atoms with Crippen molar-refractivity contribution in [1.29, 1.82) is 0 Å². The Morgan fingerprint density at radius 2 is 1.88 bits per heavy atom. The number of hydrogen-bond acceptors (Lipinski definition) is 1. The molecule has 0 saturated heterocycles. The number of fused-ring (bicyclic) bond motifs is 1. The Kier molecular flexibility index (Phi) is 2.54. The molecule has 2 heterocycles. The molecule has 0 aliphatic heterocycles. The number of imidazole rings is 1. The third-order valence-electron chi connectivity index (χ3n) is 2.57. The molecule has 2 nitrogen and oxygen atoms in total. The first kappa shape index (κ1) is 10.6. The van der Waals surface area contributed by atoms with E-state index in [1.165, 1.54) is 0 Å². The summed E-state index contributed by atoms with van der Waals surface area (Å²) < 4.78 is 1.92. The van der Waals surface area contributed by atoms with Crippen molar-refractivity contribution in [3.8, 4) is 11.3 Å². The van der Waals surface area contributed by atoms with Gasteiger partial charge in [-0.15, -0.1) is 0 Å². The molecule has 84 valence electrons. The highest BCUT2D eigenvalue weighted by Crippen LogP contribution is 2.27. The van der Waals surface area contributed by atoms with Crippen molar-refractivity contribution in [1.82, 2.24) is 9.38 Å². The van der Waals surface area contributed by atoms with E-state index in [0.29, 0.717) is 10.0 Å². The van der Waals surface area contributed by atoms with E-state index in [1.54, 1.807) is 0 Å². The summed E-state index contributed by atoms with van der Waals surface area (Å²) in [4.78, 5) is 4.50. The van der Waals surface area contributed by atoms with Gasteiger partial charge in [0.1, 0.15) is 5.65 Å². The van der Waals surface area contributed by atoms with Crippen LogP contribution in [0.3, 0.4) is 0 Å². The lowest BCUT2D eigenvalue weighted by atomic mass is 10.2. The van der Waals surface area contributed by atoms with Crippen LogP contribution in [-0.2, 0) is 0 Å². The molecule has 0 atom stereocenters. The number of rotatable bonds is 1. The standard InChI is InChI=1S/C13H8Cl2N2/c14-9-5-6-17-8-12(16-13(17)7-9)10-3-1-2-4-11(10)15/h1-8H. The quantitative estimate of drug-likeness (QED) is 0.639. The monoisotopic (exact) mass is 262 g/mol. The molecule has 2 aromatic heterocycles. The number of aromatic nitrogens is 2. The first-order valence-corrected chi connectivity index (χ1v) is 5.89. The Labute approximate surface area is 108 Å². The van der Waals surface area contributed by atoms with Crippen LogP contribution >= 0.6 is 23.2 Å². The van der Waals surface area contributed by atoms with Gasteiger partial charge in [0.25, 0.3) is 0 Å². The average Bonchev–Trinajstić information content (AvgIpc) is 2.72. The maximum atomic E-state index is 6.14. The Morgan fingerprint density at radius 3 is 2.71 bits per heavy atom. The van der Waals surface area contributed by atoms with E-state index >= 15 is 0 Å². The Hall–Kier alpha value is -1.51. The second-order valence-corrected chi connectivity index (χ2v) is 4.56. The summed E-state index contributed by atoms with van der Waals surface area (Å²) in [6, 6.07) is 11.3. The van der Waals surface area contributed by atoms with Crippen molar-refractivity contribution in [3.05, 3.63) is 58.8 Å². The molecule has 3 aromatic rings. The van der Waals surface area contributed by atoms with E-state index in [1.807, 2.05) is 53.2 Å². The van der Waals surface area contributed by atoms with Gasteiger partial charge in [0.15, 0.2) is 0 Å². The maximum absolute atomic E-state index is 6.14. The SMILES string of the molecule is Clc1ccn2cc(-c3ccccc3Cl)nc2c1. The first-order valence-electron chi connectivity index (χ1n) is 5.13. The van der Waals surface area contributed by atoms with Crippen LogP contribution in [0.2, 0.25) is 10.0 Å². The smallest absolute Gasteiger partial charge is 0.138 e. The maximum Gasteiger partial charge on any atom is 0.138 e. The van der Waals surface area contributed by atoms with Gasteiger partial charge in [-0.25, -0.2) is 4.98 Å². The molecule has 1 aromatic carbocycles. The molecule has 0 aliphatic rings. The van der Waals surface area contributed by atoms with Crippen molar-refractivity contribution in [2.45, 2.75) is 0 Å². The van der Waals surface area contributed by atoms with Crippen LogP contribution in [0.4, 0.5) is 0 Å². The molecule has 17 heavy (non-hydrogen) atoms. The fourth-order valence-electron chi connectivity index (χ4n) is 1.76. The third-order valence-corrected chi connectivity index (χ3v) is 3.14. The van der Waals surface area contributed by atoms with E-state index in [9.17, 15) is 0 Å². The summed E-state index contributed by atoms with van der Waals surface area (Å²) in [7, 11) is 0. The first-order chi connectivity index (χ1) is 8.24. The Balaban J connectivity index is 2.22. The van der Waals surface area contributed by atoms with Gasteiger partial charge in [-0.3, -0.25) is 0 Å². The largest absolute Gasteiger partial charge is 0.306 e. The van der Waals surface area contributed by atoms with Gasteiger partial charge >= 0.3 is 0 Å². The van der Waals surface area contributed by atoms with Gasteiger partial charge in [0.05, 0.1) is 10.7 Å². The number of benzene rings is 1. The van der Waals surface area contributed by atoms with Gasteiger partial charge in [0, 0.05) is 29.0 Å². The van der Waals surface area contributed by atoms with Gasteiger partial charge in [0.2, 0.25) is 0 Å². The van der Waals surface area contributed by atoms with E-state index in [4.69, 9.17) is 23.2 Å². The van der Waals surface area contributed by atoms with Crippen LogP contribution in [0.25, 0.3) is 16.9 Å². The number of nitrogens with zero attached hydrogens (tertiary/aromatic N) is 2. The molecule has 0 fully saturated rings. The van der Waals surface area contributed by atoms with Gasteiger partial charge in [-0.05, 0) is 12.1 Å². The molecule has 0 radical (unpaired) electrons. The highest BCUT2D eigenvalue weighted by atomic mass is 35.5. The number of pyridine rings is 1. The van der Waals surface area contributed by atoms with Crippen molar-refractivity contribution < 1.29 is 0 Å². The molecule has 4 heteroatoms. The zero-order valence-corrected chi connectivity index (χ0v) is 10.3. The lowest BCUT2D eigenvalue weighted by molar-refractivity contribution is 1.19. The highest BCUT2D eigenvalue weighted by Gasteiger charge is 2.07. The number of halogens is 2. The van der Waals surface area contributed by atoms with E-state index < -0.39 is 0 Å². The van der Waals surface area contributed by atoms with Crippen LogP contribution < -0.4 is 0 Å². The molecule has 0 aliphatic carbocycles. The zero-order valence-electron chi connectivity index (χ0n) is 8.77. The van der Waals surface area contributed by atoms with E-state index in [-0.39, 0.29) is 0 Å². The second kappa shape index (κ2) is 4.06. The molecule has 0 N–H and O–H groups in total. The van der Waals surface area contributed by atoms with Gasteiger partial charge in [-0.1, -0.05) is 41.4 Å². The van der Waals surface area contributed by atoms with Crippen LogP contribution in [0.15, 0.2) is 48.8 Å². The van der Waals surface area contributed by atoms with Crippen molar-refractivity contribution in [2.24, 2.45) is 0 Å². The fraction of sp³-hybridized carbons (Fsp3) is 0. The van der Waals surface area contributed by atoms with Crippen LogP contribution in [0.5, 0.6) is 0 Å². The van der Waals surface area contributed by atoms with Gasteiger partial charge in [-0.2, -0.15) is 0 Å². The summed E-state index contributed by atoms with van der Waals surface area (Å²) in [5.74, 6) is 0. The Bertz CT molecular complexity index is 689. The molecular formula is C13H8Cl2N2. The molecule has 0 amide bonds. The summed E-state index contributed by atoms with van der Waals surface area (Å²) in [6.07, 6.45) is 3.82. The molecule has 0 unspecified atom stereocenters. The van der Waals surface area contributed by atoms with E-state index in [0.717, 1.165) is 16.9 Å². The van der Waals surface area contributed by atoms with Crippen molar-refractivity contribution >= 4 is 28.8 Å². The molecular weight excluding hydrogens is 255 g/mol. The highest BCUT2D eigenvalue weighted by molar-refractivity contribution is 6.33. The molecule has 0 spiro atoms. The lowest BCUT2D eigenvalue weighted by Crippen LogP contribution is -1.79. The minimum atomic E-state index is 0.675. The summed E-state index contributed by atoms with van der Waals surface area (Å²) >= 11 is 12.1. The van der Waals surface area contributed by atoms with Crippen LogP contribution in [0.1, 0.15) is 0 Å². The lowest BCUT2D eigenvalue weighted by Gasteiger charge is -1.97. The minimum Gasteiger partial charge on any atom is -0.306 e. The topological polar surface area (TPSA) is 17.3 Å². The Morgan fingerprint density at radius 1 is 1.06 bits per heavy atom. The summed E-state index contributed by atoms with van der Waals surface area (Å²) in [5, 5.41) is 1.37. The number of hydrogen-bond donors (Lipinski definition) is 0. The average molecular weight is 263 g/mol. The third kappa shape index (κ3) is 1.90. The predicted molar refractivity (Wildman–Crippen MR) is 70.6 cm³/mol. The molecule has 0 saturated carbocycles. The molecule has 3 rings (SSSR count). The van der Waals surface area contributed by atoms with E-state index in [2.05, 4.69) is 4.98 Å². The predicted octanol–water partition coefficient (Wildman–Crippen LogP) is 4.31. The second-order valence-electron chi connectivity index (χ2n) is 3.72. The zero-order chi connectivity index (χ0) is 11.8.